The number of methoxy groups -OCH3 is 1. The Morgan fingerprint density at radius 2 is 2.10 bits per heavy atom. The third kappa shape index (κ3) is 3.05. The maximum atomic E-state index is 12.3. The summed E-state index contributed by atoms with van der Waals surface area (Å²) in [5.74, 6) is 0.304. The van der Waals surface area contributed by atoms with E-state index in [2.05, 4.69) is 10.5 Å². The molecule has 1 heterocycles. The van der Waals surface area contributed by atoms with Crippen LogP contribution >= 0.6 is 0 Å². The van der Waals surface area contributed by atoms with Crippen molar-refractivity contribution in [2.75, 3.05) is 13.7 Å². The van der Waals surface area contributed by atoms with Gasteiger partial charge in [0.05, 0.1) is 6.61 Å². The first-order valence-corrected chi connectivity index (χ1v) is 6.45. The van der Waals surface area contributed by atoms with Gasteiger partial charge in [-0.3, -0.25) is 4.79 Å². The van der Waals surface area contributed by atoms with Crippen LogP contribution < -0.4 is 5.32 Å². The molecular weight excluding hydrogens is 256 g/mol. The number of amides is 1. The molecule has 1 aromatic carbocycles. The Kier molecular flexibility index (Phi) is 4.53. The Bertz CT molecular complexity index is 578. The van der Waals surface area contributed by atoms with Gasteiger partial charge >= 0.3 is 0 Å². The first kappa shape index (κ1) is 14.3. The molecule has 1 amide bonds. The van der Waals surface area contributed by atoms with Crippen molar-refractivity contribution in [3.63, 3.8) is 0 Å². The van der Waals surface area contributed by atoms with Crippen LogP contribution in [0.15, 0.2) is 34.9 Å². The van der Waals surface area contributed by atoms with E-state index in [1.165, 1.54) is 0 Å². The number of aromatic nitrogens is 1. The van der Waals surface area contributed by atoms with E-state index >= 15 is 0 Å². The van der Waals surface area contributed by atoms with Gasteiger partial charge in [0, 0.05) is 18.7 Å². The van der Waals surface area contributed by atoms with Crippen molar-refractivity contribution < 1.29 is 14.1 Å². The summed E-state index contributed by atoms with van der Waals surface area (Å²) < 4.78 is 10.2. The minimum Gasteiger partial charge on any atom is -0.383 e. The Balaban J connectivity index is 2.28. The molecular formula is C15H18N2O3. The predicted molar refractivity (Wildman–Crippen MR) is 75.5 cm³/mol. The van der Waals surface area contributed by atoms with Gasteiger partial charge in [-0.05, 0) is 13.8 Å². The number of benzene rings is 1. The molecule has 5 heteroatoms. The maximum absolute atomic E-state index is 12.3. The quantitative estimate of drug-likeness (QED) is 0.909. The molecule has 20 heavy (non-hydrogen) atoms. The lowest BCUT2D eigenvalue weighted by atomic mass is 10.1. The molecule has 0 bridgehead atoms. The van der Waals surface area contributed by atoms with Gasteiger partial charge in [0.1, 0.15) is 17.0 Å². The van der Waals surface area contributed by atoms with Crippen LogP contribution in [0.4, 0.5) is 0 Å². The van der Waals surface area contributed by atoms with E-state index in [1.807, 2.05) is 37.3 Å². The Hall–Kier alpha value is -2.14. The number of hydrogen-bond donors (Lipinski definition) is 1. The van der Waals surface area contributed by atoms with E-state index < -0.39 is 0 Å². The largest absolute Gasteiger partial charge is 0.383 e. The van der Waals surface area contributed by atoms with Crippen molar-refractivity contribution in [1.82, 2.24) is 10.5 Å². The van der Waals surface area contributed by atoms with Gasteiger partial charge in [-0.1, -0.05) is 35.5 Å². The van der Waals surface area contributed by atoms with Crippen LogP contribution in [0.2, 0.25) is 0 Å². The summed E-state index contributed by atoms with van der Waals surface area (Å²) >= 11 is 0. The summed E-state index contributed by atoms with van der Waals surface area (Å²) in [6.07, 6.45) is 0. The molecule has 0 radical (unpaired) electrons. The van der Waals surface area contributed by atoms with Gasteiger partial charge < -0.3 is 14.6 Å². The van der Waals surface area contributed by atoms with Gasteiger partial charge in [0.15, 0.2) is 0 Å². The second-order valence-corrected chi connectivity index (χ2v) is 4.66. The Morgan fingerprint density at radius 1 is 1.40 bits per heavy atom. The normalized spacial score (nSPS) is 12.2. The fourth-order valence-electron chi connectivity index (χ4n) is 2.02. The van der Waals surface area contributed by atoms with Crippen LogP contribution in [0.1, 0.15) is 23.0 Å². The molecule has 1 atom stereocenters. The van der Waals surface area contributed by atoms with Crippen molar-refractivity contribution >= 4 is 5.91 Å². The third-order valence-corrected chi connectivity index (χ3v) is 2.93. The minimum atomic E-state index is -0.202. The number of hydrogen-bond acceptors (Lipinski definition) is 4. The molecule has 0 aliphatic rings. The zero-order chi connectivity index (χ0) is 14.5. The highest BCUT2D eigenvalue weighted by molar-refractivity contribution is 6.00. The lowest BCUT2D eigenvalue weighted by Gasteiger charge is -2.12. The number of nitrogens with zero attached hydrogens (tertiary/aromatic N) is 1. The lowest BCUT2D eigenvalue weighted by molar-refractivity contribution is 0.0904. The van der Waals surface area contributed by atoms with E-state index in [-0.39, 0.29) is 11.9 Å². The molecule has 5 nitrogen and oxygen atoms in total. The number of ether oxygens (including phenoxy) is 1. The summed E-state index contributed by atoms with van der Waals surface area (Å²) in [6, 6.07) is 9.42. The first-order valence-electron chi connectivity index (χ1n) is 6.45. The molecule has 0 aliphatic heterocycles. The zero-order valence-corrected chi connectivity index (χ0v) is 11.8. The fourth-order valence-corrected chi connectivity index (χ4v) is 2.02. The molecule has 0 spiro atoms. The van der Waals surface area contributed by atoms with Gasteiger partial charge in [0.2, 0.25) is 0 Å². The number of nitrogens with one attached hydrogen (secondary N) is 1. The summed E-state index contributed by atoms with van der Waals surface area (Å²) in [4.78, 5) is 12.3. The molecule has 1 aromatic heterocycles. The second-order valence-electron chi connectivity index (χ2n) is 4.66. The summed E-state index contributed by atoms with van der Waals surface area (Å²) in [7, 11) is 1.60. The summed E-state index contributed by atoms with van der Waals surface area (Å²) in [6.45, 7) is 4.07. The third-order valence-electron chi connectivity index (χ3n) is 2.93. The van der Waals surface area contributed by atoms with Gasteiger partial charge in [-0.2, -0.15) is 0 Å². The molecule has 0 saturated carbocycles. The molecule has 0 fully saturated rings. The average molecular weight is 274 g/mol. The smallest absolute Gasteiger partial charge is 0.257 e. The topological polar surface area (TPSA) is 64.4 Å². The van der Waals surface area contributed by atoms with Crippen LogP contribution in [-0.2, 0) is 4.74 Å². The zero-order valence-electron chi connectivity index (χ0n) is 11.8. The van der Waals surface area contributed by atoms with Crippen molar-refractivity contribution in [2.24, 2.45) is 0 Å². The molecule has 2 aromatic rings. The highest BCUT2D eigenvalue weighted by atomic mass is 16.5. The Morgan fingerprint density at radius 3 is 2.75 bits per heavy atom. The van der Waals surface area contributed by atoms with Crippen LogP contribution in [0.5, 0.6) is 0 Å². The predicted octanol–water partition coefficient (Wildman–Crippen LogP) is 2.41. The highest BCUT2D eigenvalue weighted by Gasteiger charge is 2.22. The van der Waals surface area contributed by atoms with Crippen LogP contribution in [0, 0.1) is 6.92 Å². The maximum Gasteiger partial charge on any atom is 0.257 e. The minimum absolute atomic E-state index is 0.0783. The summed E-state index contributed by atoms with van der Waals surface area (Å²) in [5.41, 5.74) is 1.89. The Labute approximate surface area is 117 Å². The summed E-state index contributed by atoms with van der Waals surface area (Å²) in [5, 5.41) is 6.86. The number of rotatable bonds is 5. The van der Waals surface area contributed by atoms with Crippen molar-refractivity contribution in [1.29, 1.82) is 0 Å². The van der Waals surface area contributed by atoms with Crippen molar-refractivity contribution in [2.45, 2.75) is 19.9 Å². The number of aryl methyl sites for hydroxylation is 1. The SMILES string of the molecule is COC[C@@H](C)NC(=O)c1c(-c2ccccc2)noc1C. The second kappa shape index (κ2) is 6.34. The molecule has 0 unspecified atom stereocenters. The number of carbonyl (C=O) groups excluding carboxylic acids is 1. The fraction of sp³-hybridized carbons (Fsp3) is 0.333. The van der Waals surface area contributed by atoms with E-state index in [0.717, 1.165) is 5.56 Å². The van der Waals surface area contributed by atoms with Crippen LogP contribution in [0.3, 0.4) is 0 Å². The van der Waals surface area contributed by atoms with E-state index in [4.69, 9.17) is 9.26 Å². The molecule has 0 aliphatic carbocycles. The molecule has 1 N–H and O–H groups in total. The van der Waals surface area contributed by atoms with E-state index in [0.29, 0.717) is 23.6 Å². The monoisotopic (exact) mass is 274 g/mol. The van der Waals surface area contributed by atoms with E-state index in [9.17, 15) is 4.79 Å². The van der Waals surface area contributed by atoms with Crippen molar-refractivity contribution in [3.05, 3.63) is 41.7 Å². The van der Waals surface area contributed by atoms with Gasteiger partial charge in [0.25, 0.3) is 5.91 Å². The standard InChI is InChI=1S/C15H18N2O3/c1-10(9-19-3)16-15(18)13-11(2)20-17-14(13)12-7-5-4-6-8-12/h4-8,10H,9H2,1-3H3,(H,16,18)/t10-/m1/s1. The van der Waals surface area contributed by atoms with Crippen LogP contribution in [-0.4, -0.2) is 30.8 Å². The van der Waals surface area contributed by atoms with Gasteiger partial charge in [-0.15, -0.1) is 0 Å². The number of carbonyl (C=O) groups is 1. The molecule has 0 saturated heterocycles. The van der Waals surface area contributed by atoms with Crippen LogP contribution in [0.25, 0.3) is 11.3 Å². The van der Waals surface area contributed by atoms with Crippen molar-refractivity contribution in [3.8, 4) is 11.3 Å². The molecule has 106 valence electrons. The highest BCUT2D eigenvalue weighted by Crippen LogP contribution is 2.24. The lowest BCUT2D eigenvalue weighted by Crippen LogP contribution is -2.36. The van der Waals surface area contributed by atoms with Gasteiger partial charge in [-0.25, -0.2) is 0 Å². The van der Waals surface area contributed by atoms with E-state index in [1.54, 1.807) is 14.0 Å². The average Bonchev–Trinajstić information content (AvgIpc) is 2.82. The first-order chi connectivity index (χ1) is 9.63. The molecule has 2 rings (SSSR count).